The summed E-state index contributed by atoms with van der Waals surface area (Å²) in [4.78, 5) is 10.4. The lowest BCUT2D eigenvalue weighted by molar-refractivity contribution is -0.118. The molecule has 0 radical (unpaired) electrons. The molecule has 1 amide bonds. The summed E-state index contributed by atoms with van der Waals surface area (Å²) in [6, 6.07) is 0. The standard InChI is InChI=1S/C8H17NO.H2/c1-4-7(2)5-6-9-8(3)10;/h7H,4-6H2,1-3H3,(H,9,10);1H. The third-order valence-corrected chi connectivity index (χ3v) is 1.71. The van der Waals surface area contributed by atoms with Gasteiger partial charge in [0.15, 0.2) is 0 Å². The van der Waals surface area contributed by atoms with E-state index in [0.29, 0.717) is 0 Å². The molecule has 10 heavy (non-hydrogen) atoms. The van der Waals surface area contributed by atoms with E-state index in [2.05, 4.69) is 19.2 Å². The maximum atomic E-state index is 10.4. The second kappa shape index (κ2) is 5.27. The zero-order valence-corrected chi connectivity index (χ0v) is 7.11. The Labute approximate surface area is 64.5 Å². The number of nitrogens with one attached hydrogen (secondary N) is 1. The van der Waals surface area contributed by atoms with Gasteiger partial charge in [-0.25, -0.2) is 0 Å². The van der Waals surface area contributed by atoms with Gasteiger partial charge in [-0.1, -0.05) is 20.3 Å². The van der Waals surface area contributed by atoms with Crippen LogP contribution >= 0.6 is 0 Å². The summed E-state index contributed by atoms with van der Waals surface area (Å²) >= 11 is 0. The average molecular weight is 145 g/mol. The van der Waals surface area contributed by atoms with Crippen molar-refractivity contribution < 1.29 is 6.22 Å². The van der Waals surface area contributed by atoms with Crippen LogP contribution in [-0.2, 0) is 4.79 Å². The predicted octanol–water partition coefficient (Wildman–Crippen LogP) is 1.80. The molecule has 1 unspecified atom stereocenters. The van der Waals surface area contributed by atoms with E-state index in [9.17, 15) is 4.79 Å². The van der Waals surface area contributed by atoms with E-state index in [4.69, 9.17) is 0 Å². The molecular weight excluding hydrogens is 126 g/mol. The third-order valence-electron chi connectivity index (χ3n) is 1.71. The molecule has 0 heterocycles. The number of carbonyl (C=O) groups is 1. The average Bonchev–Trinajstić information content (AvgIpc) is 1.87. The van der Waals surface area contributed by atoms with Crippen LogP contribution < -0.4 is 5.32 Å². The predicted molar refractivity (Wildman–Crippen MR) is 44.9 cm³/mol. The molecule has 0 aliphatic carbocycles. The molecule has 2 nitrogen and oxygen atoms in total. The highest BCUT2D eigenvalue weighted by molar-refractivity contribution is 5.72. The molecule has 0 spiro atoms. The Morgan fingerprint density at radius 1 is 1.70 bits per heavy atom. The normalized spacial score (nSPS) is 12.7. The number of hydrogen-bond donors (Lipinski definition) is 1. The number of carbonyl (C=O) groups excluding carboxylic acids is 1. The van der Waals surface area contributed by atoms with Crippen molar-refractivity contribution in [2.24, 2.45) is 5.92 Å². The molecule has 2 heteroatoms. The van der Waals surface area contributed by atoms with Gasteiger partial charge >= 0.3 is 0 Å². The molecule has 0 aliphatic heterocycles. The van der Waals surface area contributed by atoms with Crippen LogP contribution in [0.25, 0.3) is 0 Å². The fourth-order valence-corrected chi connectivity index (χ4v) is 0.699. The first-order chi connectivity index (χ1) is 4.66. The lowest BCUT2D eigenvalue weighted by Gasteiger charge is -2.07. The number of hydrogen-bond acceptors (Lipinski definition) is 1. The van der Waals surface area contributed by atoms with Crippen molar-refractivity contribution in [2.75, 3.05) is 6.54 Å². The van der Waals surface area contributed by atoms with Gasteiger partial charge in [-0.2, -0.15) is 0 Å². The van der Waals surface area contributed by atoms with Gasteiger partial charge in [0.2, 0.25) is 5.91 Å². The van der Waals surface area contributed by atoms with Crippen molar-refractivity contribution in [2.45, 2.75) is 33.6 Å². The van der Waals surface area contributed by atoms with Gasteiger partial charge in [0, 0.05) is 14.9 Å². The quantitative estimate of drug-likeness (QED) is 0.642. The molecule has 0 fully saturated rings. The summed E-state index contributed by atoms with van der Waals surface area (Å²) < 4.78 is 0. The smallest absolute Gasteiger partial charge is 0.216 e. The molecule has 0 aromatic heterocycles. The van der Waals surface area contributed by atoms with Crippen molar-refractivity contribution in [1.82, 2.24) is 5.32 Å². The zero-order valence-electron chi connectivity index (χ0n) is 7.11. The molecule has 0 aromatic rings. The van der Waals surface area contributed by atoms with Crippen molar-refractivity contribution >= 4 is 5.91 Å². The Bertz CT molecular complexity index is 106. The first kappa shape index (κ1) is 9.47. The van der Waals surface area contributed by atoms with Crippen molar-refractivity contribution in [3.8, 4) is 0 Å². The van der Waals surface area contributed by atoms with Crippen LogP contribution in [0.1, 0.15) is 35.0 Å². The van der Waals surface area contributed by atoms with Crippen LogP contribution in [-0.4, -0.2) is 12.5 Å². The van der Waals surface area contributed by atoms with Crippen LogP contribution in [0.3, 0.4) is 0 Å². The summed E-state index contributed by atoms with van der Waals surface area (Å²) in [6.45, 7) is 6.74. The Kier molecular flexibility index (Phi) is 4.99. The highest BCUT2D eigenvalue weighted by atomic mass is 16.1. The van der Waals surface area contributed by atoms with E-state index in [-0.39, 0.29) is 7.33 Å². The maximum absolute atomic E-state index is 10.4. The van der Waals surface area contributed by atoms with Crippen molar-refractivity contribution in [3.63, 3.8) is 0 Å². The molecular formula is C8H19NO. The van der Waals surface area contributed by atoms with Gasteiger partial charge in [0.05, 0.1) is 0 Å². The van der Waals surface area contributed by atoms with E-state index < -0.39 is 0 Å². The zero-order chi connectivity index (χ0) is 7.98. The van der Waals surface area contributed by atoms with Gasteiger partial charge in [0.25, 0.3) is 0 Å². The fraction of sp³-hybridized carbons (Fsp3) is 0.875. The monoisotopic (exact) mass is 145 g/mol. The first-order valence-electron chi connectivity index (χ1n) is 3.91. The molecule has 0 rings (SSSR count). The molecule has 0 bridgehead atoms. The summed E-state index contributed by atoms with van der Waals surface area (Å²) in [7, 11) is 0. The minimum absolute atomic E-state index is 0. The third kappa shape index (κ3) is 5.60. The first-order valence-corrected chi connectivity index (χ1v) is 3.91. The fourth-order valence-electron chi connectivity index (χ4n) is 0.699. The van der Waals surface area contributed by atoms with Gasteiger partial charge in [-0.3, -0.25) is 4.79 Å². The molecule has 1 atom stereocenters. The lowest BCUT2D eigenvalue weighted by Crippen LogP contribution is -2.22. The Morgan fingerprint density at radius 3 is 2.70 bits per heavy atom. The van der Waals surface area contributed by atoms with Crippen LogP contribution in [0.2, 0.25) is 0 Å². The molecule has 0 aliphatic rings. The van der Waals surface area contributed by atoms with Crippen molar-refractivity contribution in [3.05, 3.63) is 0 Å². The second-order valence-electron chi connectivity index (χ2n) is 2.79. The maximum Gasteiger partial charge on any atom is 0.216 e. The van der Waals surface area contributed by atoms with E-state index in [0.717, 1.165) is 18.9 Å². The van der Waals surface area contributed by atoms with Gasteiger partial charge in [-0.05, 0) is 12.3 Å². The Morgan fingerprint density at radius 2 is 2.30 bits per heavy atom. The van der Waals surface area contributed by atoms with Crippen LogP contribution in [0.5, 0.6) is 0 Å². The van der Waals surface area contributed by atoms with Crippen LogP contribution in [0.15, 0.2) is 0 Å². The summed E-state index contributed by atoms with van der Waals surface area (Å²) in [5.74, 6) is 0.801. The van der Waals surface area contributed by atoms with Gasteiger partial charge in [-0.15, -0.1) is 0 Å². The van der Waals surface area contributed by atoms with Crippen LogP contribution in [0, 0.1) is 5.92 Å². The summed E-state index contributed by atoms with van der Waals surface area (Å²) in [5, 5.41) is 2.77. The van der Waals surface area contributed by atoms with E-state index in [1.807, 2.05) is 0 Å². The summed E-state index contributed by atoms with van der Waals surface area (Å²) in [5.41, 5.74) is 0. The SMILES string of the molecule is CCC(C)CCNC(C)=O.[HH]. The molecule has 0 saturated heterocycles. The topological polar surface area (TPSA) is 29.1 Å². The van der Waals surface area contributed by atoms with Crippen molar-refractivity contribution in [1.29, 1.82) is 0 Å². The second-order valence-corrected chi connectivity index (χ2v) is 2.79. The highest BCUT2D eigenvalue weighted by Gasteiger charge is 1.97. The molecule has 1 N–H and O–H groups in total. The molecule has 62 valence electrons. The largest absolute Gasteiger partial charge is 0.356 e. The van der Waals surface area contributed by atoms with E-state index in [1.54, 1.807) is 6.92 Å². The van der Waals surface area contributed by atoms with Gasteiger partial charge < -0.3 is 5.32 Å². The van der Waals surface area contributed by atoms with Crippen LogP contribution in [0.4, 0.5) is 0 Å². The number of amides is 1. The van der Waals surface area contributed by atoms with E-state index >= 15 is 0 Å². The number of rotatable bonds is 4. The molecule has 0 aromatic carbocycles. The Balaban J connectivity index is 0. The highest BCUT2D eigenvalue weighted by Crippen LogP contribution is 2.03. The minimum atomic E-state index is 0. The summed E-state index contributed by atoms with van der Waals surface area (Å²) in [6.07, 6.45) is 2.29. The minimum Gasteiger partial charge on any atom is -0.356 e. The lowest BCUT2D eigenvalue weighted by atomic mass is 10.1. The molecule has 0 saturated carbocycles. The van der Waals surface area contributed by atoms with Gasteiger partial charge in [0.1, 0.15) is 0 Å². The Hall–Kier alpha value is -0.530. The van der Waals surface area contributed by atoms with E-state index in [1.165, 1.54) is 6.42 Å².